The molecular formula is C11H12ClNO2. The van der Waals surface area contributed by atoms with Crippen LogP contribution in [0.2, 0.25) is 5.02 Å². The van der Waals surface area contributed by atoms with Gasteiger partial charge in [-0.25, -0.2) is 0 Å². The Kier molecular flexibility index (Phi) is 2.93. The topological polar surface area (TPSA) is 41.6 Å². The number of amides is 1. The van der Waals surface area contributed by atoms with Crippen LogP contribution in [-0.4, -0.2) is 18.6 Å². The van der Waals surface area contributed by atoms with Crippen molar-refractivity contribution >= 4 is 17.5 Å². The average Bonchev–Trinajstić information content (AvgIpc) is 3.03. The Morgan fingerprint density at radius 1 is 1.67 bits per heavy atom. The van der Waals surface area contributed by atoms with Crippen LogP contribution in [0.1, 0.15) is 11.1 Å². The molecule has 0 spiro atoms. The molecule has 0 bridgehead atoms. The molecule has 1 N–H and O–H groups in total. The number of rotatable bonds is 3. The van der Waals surface area contributed by atoms with Gasteiger partial charge in [-0.05, 0) is 24.1 Å². The number of carbonyl (C=O) groups is 1. The zero-order chi connectivity index (χ0) is 10.8. The first-order valence-corrected chi connectivity index (χ1v) is 5.19. The number of nitrogens with one attached hydrogen (secondary N) is 1. The minimum absolute atomic E-state index is 0.0393. The predicted octanol–water partition coefficient (Wildman–Crippen LogP) is 1.66. The summed E-state index contributed by atoms with van der Waals surface area (Å²) in [6.45, 7) is 3.01. The van der Waals surface area contributed by atoms with E-state index in [1.165, 1.54) is 0 Å². The zero-order valence-electron chi connectivity index (χ0n) is 8.42. The van der Waals surface area contributed by atoms with Gasteiger partial charge in [-0.3, -0.25) is 4.79 Å². The lowest BCUT2D eigenvalue weighted by Crippen LogP contribution is -2.27. The van der Waals surface area contributed by atoms with Gasteiger partial charge in [-0.1, -0.05) is 23.7 Å². The first-order valence-electron chi connectivity index (χ1n) is 4.81. The van der Waals surface area contributed by atoms with Crippen molar-refractivity contribution < 1.29 is 9.53 Å². The Bertz CT molecular complexity index is 388. The fraction of sp³-hybridized carbons (Fsp3) is 0.364. The van der Waals surface area contributed by atoms with E-state index in [4.69, 9.17) is 16.3 Å². The van der Waals surface area contributed by atoms with Crippen LogP contribution >= 0.6 is 11.6 Å². The molecule has 2 rings (SSSR count). The molecular weight excluding hydrogens is 214 g/mol. The van der Waals surface area contributed by atoms with Gasteiger partial charge >= 0.3 is 0 Å². The Labute approximate surface area is 93.4 Å². The SMILES string of the molecule is Cc1cc(CNC(=O)C2CO2)ccc1Cl. The molecule has 1 aromatic rings. The molecule has 0 aromatic heterocycles. The number of hydrogen-bond donors (Lipinski definition) is 1. The summed E-state index contributed by atoms with van der Waals surface area (Å²) in [5.74, 6) is -0.0393. The van der Waals surface area contributed by atoms with Crippen LogP contribution in [0.3, 0.4) is 0 Å². The molecule has 0 saturated carbocycles. The molecule has 1 unspecified atom stereocenters. The normalized spacial score (nSPS) is 18.7. The van der Waals surface area contributed by atoms with E-state index in [0.717, 1.165) is 16.1 Å². The molecule has 1 aliphatic heterocycles. The van der Waals surface area contributed by atoms with Gasteiger partial charge in [0.25, 0.3) is 5.91 Å². The number of halogens is 1. The first kappa shape index (κ1) is 10.5. The van der Waals surface area contributed by atoms with E-state index >= 15 is 0 Å². The highest BCUT2D eigenvalue weighted by Crippen LogP contribution is 2.16. The van der Waals surface area contributed by atoms with Gasteiger partial charge in [-0.15, -0.1) is 0 Å². The first-order chi connectivity index (χ1) is 7.16. The minimum atomic E-state index is -0.224. The summed E-state index contributed by atoms with van der Waals surface area (Å²) in [6, 6.07) is 5.71. The molecule has 80 valence electrons. The van der Waals surface area contributed by atoms with Crippen LogP contribution in [0.5, 0.6) is 0 Å². The van der Waals surface area contributed by atoms with Crippen LogP contribution in [0.25, 0.3) is 0 Å². The third-order valence-electron chi connectivity index (χ3n) is 2.31. The summed E-state index contributed by atoms with van der Waals surface area (Å²) in [5.41, 5.74) is 2.07. The van der Waals surface area contributed by atoms with Crippen LogP contribution in [-0.2, 0) is 16.1 Å². The second-order valence-corrected chi connectivity index (χ2v) is 4.03. The molecule has 1 saturated heterocycles. The molecule has 15 heavy (non-hydrogen) atoms. The van der Waals surface area contributed by atoms with Crippen molar-refractivity contribution in [1.29, 1.82) is 0 Å². The minimum Gasteiger partial charge on any atom is -0.363 e. The molecule has 0 aliphatic carbocycles. The fourth-order valence-electron chi connectivity index (χ4n) is 1.32. The lowest BCUT2D eigenvalue weighted by atomic mass is 10.1. The highest BCUT2D eigenvalue weighted by molar-refractivity contribution is 6.31. The molecule has 1 amide bonds. The summed E-state index contributed by atoms with van der Waals surface area (Å²) in [6.07, 6.45) is -0.224. The largest absolute Gasteiger partial charge is 0.363 e. The van der Waals surface area contributed by atoms with Crippen molar-refractivity contribution in [2.24, 2.45) is 0 Å². The van der Waals surface area contributed by atoms with Crippen molar-refractivity contribution in [2.75, 3.05) is 6.61 Å². The van der Waals surface area contributed by atoms with Crippen LogP contribution in [0, 0.1) is 6.92 Å². The highest BCUT2D eigenvalue weighted by atomic mass is 35.5. The van der Waals surface area contributed by atoms with Crippen molar-refractivity contribution in [3.8, 4) is 0 Å². The lowest BCUT2D eigenvalue weighted by Gasteiger charge is -2.05. The zero-order valence-corrected chi connectivity index (χ0v) is 9.17. The van der Waals surface area contributed by atoms with Gasteiger partial charge in [0.2, 0.25) is 0 Å². The number of epoxide rings is 1. The Balaban J connectivity index is 1.92. The summed E-state index contributed by atoms with van der Waals surface area (Å²) < 4.78 is 4.87. The maximum atomic E-state index is 11.3. The van der Waals surface area contributed by atoms with Crippen molar-refractivity contribution in [3.63, 3.8) is 0 Å². The van der Waals surface area contributed by atoms with Gasteiger partial charge in [-0.2, -0.15) is 0 Å². The van der Waals surface area contributed by atoms with E-state index < -0.39 is 0 Å². The smallest absolute Gasteiger partial charge is 0.251 e. The average molecular weight is 226 g/mol. The molecule has 3 nitrogen and oxygen atoms in total. The highest BCUT2D eigenvalue weighted by Gasteiger charge is 2.30. The standard InChI is InChI=1S/C11H12ClNO2/c1-7-4-8(2-3-9(7)12)5-13-11(14)10-6-15-10/h2-4,10H,5-6H2,1H3,(H,13,14). The molecule has 4 heteroatoms. The molecule has 1 fully saturated rings. The van der Waals surface area contributed by atoms with E-state index in [-0.39, 0.29) is 12.0 Å². The molecule has 1 atom stereocenters. The number of ether oxygens (including phenoxy) is 1. The number of hydrogen-bond acceptors (Lipinski definition) is 2. The van der Waals surface area contributed by atoms with E-state index in [2.05, 4.69) is 5.32 Å². The third kappa shape index (κ3) is 2.70. The van der Waals surface area contributed by atoms with E-state index in [9.17, 15) is 4.79 Å². The Morgan fingerprint density at radius 3 is 3.00 bits per heavy atom. The van der Waals surface area contributed by atoms with Crippen molar-refractivity contribution in [3.05, 3.63) is 34.3 Å². The van der Waals surface area contributed by atoms with Crippen LogP contribution in [0.4, 0.5) is 0 Å². The Morgan fingerprint density at radius 2 is 2.40 bits per heavy atom. The van der Waals surface area contributed by atoms with Gasteiger partial charge < -0.3 is 10.1 Å². The van der Waals surface area contributed by atoms with E-state index in [0.29, 0.717) is 13.2 Å². The predicted molar refractivity (Wildman–Crippen MR) is 57.8 cm³/mol. The van der Waals surface area contributed by atoms with Crippen molar-refractivity contribution in [1.82, 2.24) is 5.32 Å². The quantitative estimate of drug-likeness (QED) is 0.795. The van der Waals surface area contributed by atoms with E-state index in [1.807, 2.05) is 25.1 Å². The van der Waals surface area contributed by atoms with Gasteiger partial charge in [0.15, 0.2) is 6.10 Å². The maximum Gasteiger partial charge on any atom is 0.251 e. The summed E-state index contributed by atoms with van der Waals surface area (Å²) in [7, 11) is 0. The summed E-state index contributed by atoms with van der Waals surface area (Å²) in [4.78, 5) is 11.3. The van der Waals surface area contributed by atoms with Gasteiger partial charge in [0.1, 0.15) is 0 Å². The number of aryl methyl sites for hydroxylation is 1. The third-order valence-corrected chi connectivity index (χ3v) is 2.74. The second kappa shape index (κ2) is 4.21. The van der Waals surface area contributed by atoms with Crippen LogP contribution in [0.15, 0.2) is 18.2 Å². The molecule has 1 aromatic carbocycles. The molecule has 1 heterocycles. The maximum absolute atomic E-state index is 11.3. The lowest BCUT2D eigenvalue weighted by molar-refractivity contribution is -0.122. The van der Waals surface area contributed by atoms with Crippen molar-refractivity contribution in [2.45, 2.75) is 19.6 Å². The van der Waals surface area contributed by atoms with Gasteiger partial charge in [0, 0.05) is 11.6 Å². The fourth-order valence-corrected chi connectivity index (χ4v) is 1.44. The molecule has 1 aliphatic rings. The monoisotopic (exact) mass is 225 g/mol. The Hall–Kier alpha value is -1.06. The van der Waals surface area contributed by atoms with Crippen LogP contribution < -0.4 is 5.32 Å². The van der Waals surface area contributed by atoms with E-state index in [1.54, 1.807) is 0 Å². The number of benzene rings is 1. The summed E-state index contributed by atoms with van der Waals surface area (Å²) >= 11 is 5.90. The molecule has 0 radical (unpaired) electrons. The van der Waals surface area contributed by atoms with Gasteiger partial charge in [0.05, 0.1) is 6.61 Å². The summed E-state index contributed by atoms with van der Waals surface area (Å²) in [5, 5.41) is 3.55. The second-order valence-electron chi connectivity index (χ2n) is 3.62. The number of carbonyl (C=O) groups excluding carboxylic acids is 1.